The number of hydrogen-bond donors (Lipinski definition) is 3. The van der Waals surface area contributed by atoms with Crippen molar-refractivity contribution in [2.24, 2.45) is 0 Å². The summed E-state index contributed by atoms with van der Waals surface area (Å²) in [5.74, 6) is -0.464. The summed E-state index contributed by atoms with van der Waals surface area (Å²) in [5, 5.41) is 3.92. The molecule has 4 aromatic rings. The smallest absolute Gasteiger partial charge is 0.244 e. The molecule has 1 fully saturated rings. The topological polar surface area (TPSA) is 104 Å². The lowest BCUT2D eigenvalue weighted by molar-refractivity contribution is -0.126. The molecule has 0 aliphatic heterocycles. The van der Waals surface area contributed by atoms with Gasteiger partial charge in [0.25, 0.3) is 0 Å². The number of para-hydroxylation sites is 1. The molecule has 0 radical (unpaired) electrons. The fourth-order valence-electron chi connectivity index (χ4n) is 5.83. The molecule has 0 saturated heterocycles. The Hall–Kier alpha value is -2.62. The predicted octanol–water partition coefficient (Wildman–Crippen LogP) is 6.82. The van der Waals surface area contributed by atoms with Crippen molar-refractivity contribution in [1.29, 1.82) is 0 Å². The molecule has 3 N–H and O–H groups in total. The Morgan fingerprint density at radius 3 is 2.39 bits per heavy atom. The molecular weight excluding hydrogens is 603 g/mol. The molecule has 2 heterocycles. The number of sulfonamides is 1. The normalized spacial score (nSPS) is 16.8. The highest BCUT2D eigenvalue weighted by molar-refractivity contribution is 7.89. The SMILES string of the molecule is C[C@@](Cc1c[nH]c2ccccc12)(NS(=O)(=O)c1c(Cl)cc(Cl)cc1Cl)C(=O)NCC1(c2ccccn2)CCCCC1. The van der Waals surface area contributed by atoms with E-state index in [0.29, 0.717) is 6.54 Å². The van der Waals surface area contributed by atoms with Crippen molar-refractivity contribution in [3.63, 3.8) is 0 Å². The quantitative estimate of drug-likeness (QED) is 0.188. The van der Waals surface area contributed by atoms with Crippen LogP contribution in [0.5, 0.6) is 0 Å². The van der Waals surface area contributed by atoms with Crippen LogP contribution < -0.4 is 10.0 Å². The van der Waals surface area contributed by atoms with Gasteiger partial charge in [-0.1, -0.05) is 78.3 Å². The number of rotatable bonds is 9. The Kier molecular flexibility index (Phi) is 8.69. The van der Waals surface area contributed by atoms with E-state index in [1.807, 2.05) is 42.5 Å². The zero-order valence-corrected chi connectivity index (χ0v) is 25.6. The van der Waals surface area contributed by atoms with Gasteiger partial charge in [0.05, 0.1) is 10.0 Å². The molecule has 2 aromatic heterocycles. The van der Waals surface area contributed by atoms with Crippen LogP contribution >= 0.6 is 34.8 Å². The van der Waals surface area contributed by atoms with E-state index in [9.17, 15) is 13.2 Å². The largest absolute Gasteiger partial charge is 0.361 e. The van der Waals surface area contributed by atoms with Crippen LogP contribution in [0.1, 0.15) is 50.3 Å². The first-order valence-electron chi connectivity index (χ1n) is 13.5. The first kappa shape index (κ1) is 29.9. The van der Waals surface area contributed by atoms with Crippen LogP contribution in [0, 0.1) is 0 Å². The maximum absolute atomic E-state index is 14.1. The van der Waals surface area contributed by atoms with Crippen LogP contribution in [0.15, 0.2) is 71.9 Å². The number of amides is 1. The summed E-state index contributed by atoms with van der Waals surface area (Å²) in [5.41, 5.74) is 0.660. The van der Waals surface area contributed by atoms with Crippen LogP contribution in [0.2, 0.25) is 15.1 Å². The zero-order valence-electron chi connectivity index (χ0n) is 22.5. The van der Waals surface area contributed by atoms with Crippen molar-refractivity contribution in [3.8, 4) is 0 Å². The molecule has 1 atom stereocenters. The number of fused-ring (bicyclic) bond motifs is 1. The van der Waals surface area contributed by atoms with E-state index >= 15 is 0 Å². The number of H-pyrrole nitrogens is 1. The van der Waals surface area contributed by atoms with Gasteiger partial charge in [0, 0.05) is 52.4 Å². The third kappa shape index (κ3) is 6.27. The monoisotopic (exact) mass is 632 g/mol. The van der Waals surface area contributed by atoms with Crippen molar-refractivity contribution in [2.75, 3.05) is 6.54 Å². The van der Waals surface area contributed by atoms with Crippen LogP contribution in [0.25, 0.3) is 10.9 Å². The van der Waals surface area contributed by atoms with Crippen LogP contribution in [-0.2, 0) is 26.7 Å². The predicted molar refractivity (Wildman–Crippen MR) is 164 cm³/mol. The molecule has 0 unspecified atom stereocenters. The molecule has 1 saturated carbocycles. The molecule has 41 heavy (non-hydrogen) atoms. The lowest BCUT2D eigenvalue weighted by Crippen LogP contribution is -2.59. The van der Waals surface area contributed by atoms with Crippen LogP contribution in [-0.4, -0.2) is 36.4 Å². The molecule has 216 valence electrons. The maximum Gasteiger partial charge on any atom is 0.244 e. The zero-order chi connectivity index (χ0) is 29.3. The molecule has 0 bridgehead atoms. The average molecular weight is 634 g/mol. The fraction of sp³-hybridized carbons (Fsp3) is 0.333. The van der Waals surface area contributed by atoms with Crippen LogP contribution in [0.4, 0.5) is 0 Å². The van der Waals surface area contributed by atoms with E-state index in [4.69, 9.17) is 34.8 Å². The number of aromatic nitrogens is 2. The third-order valence-corrected chi connectivity index (χ3v) is 10.7. The highest BCUT2D eigenvalue weighted by Crippen LogP contribution is 2.38. The van der Waals surface area contributed by atoms with Gasteiger partial charge in [-0.3, -0.25) is 9.78 Å². The van der Waals surface area contributed by atoms with Crippen molar-refractivity contribution in [2.45, 2.75) is 61.3 Å². The molecule has 1 aliphatic carbocycles. The molecule has 5 rings (SSSR count). The summed E-state index contributed by atoms with van der Waals surface area (Å²) in [6.07, 6.45) is 8.57. The first-order chi connectivity index (χ1) is 19.5. The number of nitrogens with zero attached hydrogens (tertiary/aromatic N) is 1. The number of halogens is 3. The minimum atomic E-state index is -4.36. The number of pyridine rings is 1. The third-order valence-electron chi connectivity index (χ3n) is 7.92. The lowest BCUT2D eigenvalue weighted by atomic mass is 9.71. The molecule has 11 heteroatoms. The maximum atomic E-state index is 14.1. The Bertz CT molecular complexity index is 1650. The lowest BCUT2D eigenvalue weighted by Gasteiger charge is -2.38. The summed E-state index contributed by atoms with van der Waals surface area (Å²) in [6.45, 7) is 1.91. The number of carbonyl (C=O) groups is 1. The Morgan fingerprint density at radius 2 is 1.71 bits per heavy atom. The minimum absolute atomic E-state index is 0.0709. The molecule has 2 aromatic carbocycles. The van der Waals surface area contributed by atoms with Gasteiger partial charge < -0.3 is 10.3 Å². The van der Waals surface area contributed by atoms with Crippen molar-refractivity contribution in [1.82, 2.24) is 20.0 Å². The second-order valence-electron chi connectivity index (χ2n) is 10.9. The van der Waals surface area contributed by atoms with Crippen molar-refractivity contribution in [3.05, 3.63) is 93.3 Å². The molecular formula is C30H31Cl3N4O3S. The van der Waals surface area contributed by atoms with Gasteiger partial charge in [-0.25, -0.2) is 8.42 Å². The molecule has 1 aliphatic rings. The Morgan fingerprint density at radius 1 is 1.02 bits per heavy atom. The molecule has 0 spiro atoms. The van der Waals surface area contributed by atoms with Crippen molar-refractivity contribution >= 4 is 61.6 Å². The molecule has 7 nitrogen and oxygen atoms in total. The fourth-order valence-corrected chi connectivity index (χ4v) is 8.75. The van der Waals surface area contributed by atoms with Gasteiger partial charge >= 0.3 is 0 Å². The Balaban J connectivity index is 1.50. The van der Waals surface area contributed by atoms with Gasteiger partial charge in [-0.2, -0.15) is 4.72 Å². The summed E-state index contributed by atoms with van der Waals surface area (Å²) in [4.78, 5) is 21.6. The van der Waals surface area contributed by atoms with E-state index in [1.165, 1.54) is 12.1 Å². The van der Waals surface area contributed by atoms with Gasteiger partial charge in [0.15, 0.2) is 0 Å². The number of nitrogens with one attached hydrogen (secondary N) is 3. The van der Waals surface area contributed by atoms with Gasteiger partial charge in [0.1, 0.15) is 10.4 Å². The summed E-state index contributed by atoms with van der Waals surface area (Å²) < 4.78 is 30.2. The minimum Gasteiger partial charge on any atom is -0.361 e. The highest BCUT2D eigenvalue weighted by Gasteiger charge is 2.42. The second-order valence-corrected chi connectivity index (χ2v) is 13.8. The van der Waals surface area contributed by atoms with Crippen molar-refractivity contribution < 1.29 is 13.2 Å². The van der Waals surface area contributed by atoms with Gasteiger partial charge in [-0.15, -0.1) is 0 Å². The number of carbonyl (C=O) groups excluding carboxylic acids is 1. The number of benzene rings is 2. The van der Waals surface area contributed by atoms with Gasteiger partial charge in [-0.05, 0) is 55.7 Å². The first-order valence-corrected chi connectivity index (χ1v) is 16.1. The van der Waals surface area contributed by atoms with E-state index in [0.717, 1.165) is 54.3 Å². The Labute approximate surface area is 255 Å². The highest BCUT2D eigenvalue weighted by atomic mass is 35.5. The van der Waals surface area contributed by atoms with E-state index in [-0.39, 0.29) is 31.8 Å². The number of hydrogen-bond acceptors (Lipinski definition) is 4. The summed E-state index contributed by atoms with van der Waals surface area (Å²) >= 11 is 18.6. The average Bonchev–Trinajstić information content (AvgIpc) is 3.34. The standard InChI is InChI=1S/C30H31Cl3N4O3S/c1-29(17-20-18-35-25-10-4-3-9-22(20)25,37-41(39,40)27-23(32)15-21(31)16-24(27)33)28(38)36-19-30(12-6-2-7-13-30)26-11-5-8-14-34-26/h3-5,8-11,14-16,18,35,37H,2,6-7,12-13,17,19H2,1H3,(H,36,38)/t29-/m0/s1. The van der Waals surface area contributed by atoms with E-state index < -0.39 is 21.5 Å². The number of aromatic amines is 1. The second kappa shape index (κ2) is 11.9. The summed E-state index contributed by atoms with van der Waals surface area (Å²) in [7, 11) is -4.36. The van der Waals surface area contributed by atoms with E-state index in [1.54, 1.807) is 19.3 Å². The van der Waals surface area contributed by atoms with Crippen LogP contribution in [0.3, 0.4) is 0 Å². The van der Waals surface area contributed by atoms with Gasteiger partial charge in [0.2, 0.25) is 15.9 Å². The summed E-state index contributed by atoms with van der Waals surface area (Å²) in [6, 6.07) is 16.1. The van der Waals surface area contributed by atoms with E-state index in [2.05, 4.69) is 20.0 Å². The molecule has 1 amide bonds.